The van der Waals surface area contributed by atoms with Gasteiger partial charge in [-0.2, -0.15) is 0 Å². The molecule has 0 saturated carbocycles. The van der Waals surface area contributed by atoms with Gasteiger partial charge in [0, 0.05) is 12.0 Å². The second-order valence-corrected chi connectivity index (χ2v) is 7.69. The number of benzene rings is 2. The number of oxime groups is 1. The van der Waals surface area contributed by atoms with Gasteiger partial charge in [0.2, 0.25) is 6.10 Å². The average molecular weight is 414 g/mol. The van der Waals surface area contributed by atoms with Crippen LogP contribution >= 0.6 is 0 Å². The fourth-order valence-corrected chi connectivity index (χ4v) is 3.08. The molecule has 0 spiro atoms. The summed E-state index contributed by atoms with van der Waals surface area (Å²) < 4.78 is 24.6. The third-order valence-corrected chi connectivity index (χ3v) is 4.74. The van der Waals surface area contributed by atoms with E-state index in [1.807, 2.05) is 25.1 Å². The van der Waals surface area contributed by atoms with E-state index < -0.39 is 6.10 Å². The highest BCUT2D eigenvalue weighted by molar-refractivity contribution is 6.04. The number of amides is 1. The molecule has 0 saturated heterocycles. The van der Waals surface area contributed by atoms with E-state index in [0.29, 0.717) is 35.3 Å². The molecule has 30 heavy (non-hydrogen) atoms. The molecule has 1 amide bonds. The molecule has 6 nitrogen and oxygen atoms in total. The van der Waals surface area contributed by atoms with E-state index in [9.17, 15) is 9.18 Å². The van der Waals surface area contributed by atoms with Crippen molar-refractivity contribution >= 4 is 11.6 Å². The monoisotopic (exact) mass is 414 g/mol. The molecule has 1 N–H and O–H groups in total. The highest BCUT2D eigenvalue weighted by atomic mass is 19.1. The number of nitrogens with one attached hydrogen (secondary N) is 1. The minimum Gasteiger partial charge on any atom is -0.493 e. The molecule has 3 rings (SSSR count). The van der Waals surface area contributed by atoms with Gasteiger partial charge in [0.15, 0.2) is 11.5 Å². The maximum atomic E-state index is 13.4. The second-order valence-electron chi connectivity index (χ2n) is 7.69. The molecule has 0 aromatic heterocycles. The summed E-state index contributed by atoms with van der Waals surface area (Å²) in [6.07, 6.45) is -0.464. The summed E-state index contributed by atoms with van der Waals surface area (Å²) in [5.41, 5.74) is 2.04. The lowest BCUT2D eigenvalue weighted by Gasteiger charge is -2.19. The molecule has 7 heteroatoms. The zero-order valence-corrected chi connectivity index (χ0v) is 17.6. The van der Waals surface area contributed by atoms with E-state index in [2.05, 4.69) is 24.3 Å². The predicted octanol–water partition coefficient (Wildman–Crippen LogP) is 4.24. The predicted molar refractivity (Wildman–Crippen MR) is 112 cm³/mol. The maximum absolute atomic E-state index is 13.4. The Morgan fingerprint density at radius 2 is 2.03 bits per heavy atom. The molecule has 160 valence electrons. The van der Waals surface area contributed by atoms with Gasteiger partial charge >= 0.3 is 0 Å². The first kappa shape index (κ1) is 21.6. The Labute approximate surface area is 176 Å². The molecule has 0 fully saturated rings. The number of hydrogen-bond donors (Lipinski definition) is 1. The van der Waals surface area contributed by atoms with Crippen LogP contribution in [0.25, 0.3) is 0 Å². The molecule has 0 bridgehead atoms. The van der Waals surface area contributed by atoms with Crippen molar-refractivity contribution in [3.8, 4) is 11.5 Å². The lowest BCUT2D eigenvalue weighted by Crippen LogP contribution is -2.36. The summed E-state index contributed by atoms with van der Waals surface area (Å²) >= 11 is 0. The molecular formula is C23H27FN2O4. The first-order chi connectivity index (χ1) is 14.4. The quantitative estimate of drug-likeness (QED) is 0.702. The standard InChI is InChI=1S/C23H27FN2O4/c1-14(2)13-29-20-9-8-16(11-21(20)28-4)15(3)25-23(27)22-12-19(26-30-22)17-6-5-7-18(24)10-17/h5-11,14-15,22H,12-13H2,1-4H3,(H,25,27). The van der Waals surface area contributed by atoms with Crippen LogP contribution in [-0.4, -0.2) is 31.4 Å². The number of carbonyl (C=O) groups is 1. The van der Waals surface area contributed by atoms with E-state index in [0.717, 1.165) is 5.56 Å². The molecule has 1 aliphatic rings. The summed E-state index contributed by atoms with van der Waals surface area (Å²) in [7, 11) is 1.59. The first-order valence-electron chi connectivity index (χ1n) is 9.97. The lowest BCUT2D eigenvalue weighted by atomic mass is 10.0. The number of rotatable bonds is 8. The zero-order chi connectivity index (χ0) is 21.7. The summed E-state index contributed by atoms with van der Waals surface area (Å²) in [6, 6.07) is 11.4. The van der Waals surface area contributed by atoms with Gasteiger partial charge in [-0.1, -0.05) is 37.2 Å². The van der Waals surface area contributed by atoms with E-state index >= 15 is 0 Å². The van der Waals surface area contributed by atoms with Crippen molar-refractivity contribution in [1.29, 1.82) is 0 Å². The van der Waals surface area contributed by atoms with Crippen molar-refractivity contribution in [2.75, 3.05) is 13.7 Å². The Morgan fingerprint density at radius 1 is 1.23 bits per heavy atom. The molecule has 1 heterocycles. The Bertz CT molecular complexity index is 929. The van der Waals surface area contributed by atoms with Gasteiger partial charge in [0.05, 0.1) is 25.5 Å². The van der Waals surface area contributed by atoms with Gasteiger partial charge in [0.1, 0.15) is 5.82 Å². The molecular weight excluding hydrogens is 387 g/mol. The van der Waals surface area contributed by atoms with Crippen molar-refractivity contribution in [2.45, 2.75) is 39.3 Å². The van der Waals surface area contributed by atoms with E-state index in [1.54, 1.807) is 19.2 Å². The summed E-state index contributed by atoms with van der Waals surface area (Å²) in [5.74, 6) is 1.05. The molecule has 2 unspecified atom stereocenters. The van der Waals surface area contributed by atoms with Gasteiger partial charge in [-0.15, -0.1) is 0 Å². The van der Waals surface area contributed by atoms with Crippen molar-refractivity contribution < 1.29 is 23.5 Å². The summed E-state index contributed by atoms with van der Waals surface area (Å²) in [6.45, 7) is 6.62. The van der Waals surface area contributed by atoms with Crippen molar-refractivity contribution in [3.63, 3.8) is 0 Å². The smallest absolute Gasteiger partial charge is 0.264 e. The highest BCUT2D eigenvalue weighted by Gasteiger charge is 2.30. The van der Waals surface area contributed by atoms with Crippen LogP contribution in [0, 0.1) is 11.7 Å². The third-order valence-electron chi connectivity index (χ3n) is 4.74. The largest absolute Gasteiger partial charge is 0.493 e. The van der Waals surface area contributed by atoms with Crippen LogP contribution in [0.5, 0.6) is 11.5 Å². The topological polar surface area (TPSA) is 69.2 Å². The fourth-order valence-electron chi connectivity index (χ4n) is 3.08. The van der Waals surface area contributed by atoms with Gasteiger partial charge in [-0.25, -0.2) is 4.39 Å². The molecule has 2 aromatic carbocycles. The Kier molecular flexibility index (Phi) is 6.92. The number of methoxy groups -OCH3 is 1. The Morgan fingerprint density at radius 3 is 2.73 bits per heavy atom. The van der Waals surface area contributed by atoms with Crippen LogP contribution in [0.4, 0.5) is 4.39 Å². The van der Waals surface area contributed by atoms with Crippen LogP contribution in [0.2, 0.25) is 0 Å². The average Bonchev–Trinajstić information content (AvgIpc) is 3.22. The molecule has 2 aromatic rings. The summed E-state index contributed by atoms with van der Waals surface area (Å²) in [5, 5.41) is 6.89. The van der Waals surface area contributed by atoms with E-state index in [-0.39, 0.29) is 24.2 Å². The van der Waals surface area contributed by atoms with Gasteiger partial charge in [0.25, 0.3) is 5.91 Å². The molecule has 0 radical (unpaired) electrons. The maximum Gasteiger partial charge on any atom is 0.264 e. The Hall–Kier alpha value is -3.09. The highest BCUT2D eigenvalue weighted by Crippen LogP contribution is 2.31. The summed E-state index contributed by atoms with van der Waals surface area (Å²) in [4.78, 5) is 17.9. The van der Waals surface area contributed by atoms with Gasteiger partial charge in [-0.05, 0) is 42.7 Å². The second kappa shape index (κ2) is 9.61. The van der Waals surface area contributed by atoms with Gasteiger partial charge < -0.3 is 19.6 Å². The minimum atomic E-state index is -0.749. The number of halogens is 1. The first-order valence-corrected chi connectivity index (χ1v) is 9.97. The molecule has 2 atom stereocenters. The number of carbonyl (C=O) groups excluding carboxylic acids is 1. The normalized spacial score (nSPS) is 16.6. The van der Waals surface area contributed by atoms with Crippen LogP contribution in [0.1, 0.15) is 44.4 Å². The number of hydrogen-bond acceptors (Lipinski definition) is 5. The SMILES string of the molecule is COc1cc(C(C)NC(=O)C2CC(c3cccc(F)c3)=NO2)ccc1OCC(C)C. The number of ether oxygens (including phenoxy) is 2. The fraction of sp³-hybridized carbons (Fsp3) is 0.391. The van der Waals surface area contributed by atoms with E-state index in [4.69, 9.17) is 14.3 Å². The van der Waals surface area contributed by atoms with Crippen LogP contribution in [0.3, 0.4) is 0 Å². The zero-order valence-electron chi connectivity index (χ0n) is 17.6. The number of nitrogens with zero attached hydrogens (tertiary/aromatic N) is 1. The third kappa shape index (κ3) is 5.28. The lowest BCUT2D eigenvalue weighted by molar-refractivity contribution is -0.131. The van der Waals surface area contributed by atoms with Gasteiger partial charge in [-0.3, -0.25) is 4.79 Å². The Balaban J connectivity index is 1.60. The minimum absolute atomic E-state index is 0.271. The van der Waals surface area contributed by atoms with Crippen molar-refractivity contribution in [3.05, 3.63) is 59.4 Å². The van der Waals surface area contributed by atoms with E-state index in [1.165, 1.54) is 12.1 Å². The van der Waals surface area contributed by atoms with Crippen molar-refractivity contribution in [2.24, 2.45) is 11.1 Å². The molecule has 1 aliphatic heterocycles. The molecule has 0 aliphatic carbocycles. The van der Waals surface area contributed by atoms with Crippen LogP contribution < -0.4 is 14.8 Å². The van der Waals surface area contributed by atoms with Crippen molar-refractivity contribution in [1.82, 2.24) is 5.32 Å². The van der Waals surface area contributed by atoms with Crippen LogP contribution in [-0.2, 0) is 9.63 Å². The van der Waals surface area contributed by atoms with Crippen LogP contribution in [0.15, 0.2) is 47.6 Å².